The van der Waals surface area contributed by atoms with Gasteiger partial charge in [-0.25, -0.2) is 0 Å². The van der Waals surface area contributed by atoms with Gasteiger partial charge in [0.05, 0.1) is 0 Å². The van der Waals surface area contributed by atoms with Crippen LogP contribution in [0, 0.1) is 17.8 Å². The second-order valence-electron chi connectivity index (χ2n) is 8.84. The van der Waals surface area contributed by atoms with E-state index in [1.165, 1.54) is 44.3 Å². The molecule has 2 aliphatic heterocycles. The lowest BCUT2D eigenvalue weighted by molar-refractivity contribution is -0.138. The third kappa shape index (κ3) is 2.80. The summed E-state index contributed by atoms with van der Waals surface area (Å²) in [7, 11) is 0. The standard InChI is InChI=1S/C20H30N4O/c25-20(17-12-14-7-8-15(17)11-14)23-9-4-5-16(13-23)19-22-21-18-6-2-1-3-10-24(18)19/h14-17H,1-13H2/t14-,15-,16-,17-/m1/s1. The molecule has 0 unspecified atom stereocenters. The van der Waals surface area contributed by atoms with E-state index in [0.717, 1.165) is 57.1 Å². The molecule has 3 fully saturated rings. The Labute approximate surface area is 150 Å². The summed E-state index contributed by atoms with van der Waals surface area (Å²) in [6.07, 6.45) is 12.2. The van der Waals surface area contributed by atoms with Gasteiger partial charge in [0.15, 0.2) is 0 Å². The molecule has 1 aromatic heterocycles. The van der Waals surface area contributed by atoms with Crippen LogP contribution < -0.4 is 0 Å². The van der Waals surface area contributed by atoms with Crippen molar-refractivity contribution in [2.75, 3.05) is 13.1 Å². The highest BCUT2D eigenvalue weighted by Gasteiger charge is 2.45. The number of likely N-dealkylation sites (tertiary alicyclic amines) is 1. The van der Waals surface area contributed by atoms with Crippen LogP contribution in [0.5, 0.6) is 0 Å². The molecule has 2 saturated carbocycles. The van der Waals surface area contributed by atoms with Gasteiger partial charge in [-0.15, -0.1) is 10.2 Å². The minimum absolute atomic E-state index is 0.327. The van der Waals surface area contributed by atoms with Gasteiger partial charge in [0, 0.05) is 37.9 Å². The molecule has 1 aromatic rings. The molecule has 1 amide bonds. The Kier molecular flexibility index (Phi) is 4.05. The van der Waals surface area contributed by atoms with E-state index >= 15 is 0 Å². The fourth-order valence-electron chi connectivity index (χ4n) is 5.98. The Hall–Kier alpha value is -1.39. The van der Waals surface area contributed by atoms with Gasteiger partial charge in [-0.1, -0.05) is 12.8 Å². The SMILES string of the molecule is O=C([C@@H]1C[C@@H]2CC[C@@H]1C2)N1CCC[C@@H](c2nnc3n2CCCCC3)C1. The number of aromatic nitrogens is 3. The summed E-state index contributed by atoms with van der Waals surface area (Å²) >= 11 is 0. The molecular weight excluding hydrogens is 312 g/mol. The quantitative estimate of drug-likeness (QED) is 0.829. The van der Waals surface area contributed by atoms with Gasteiger partial charge in [0.25, 0.3) is 0 Å². The van der Waals surface area contributed by atoms with Crippen LogP contribution >= 0.6 is 0 Å². The van der Waals surface area contributed by atoms with Crippen LogP contribution in [0.2, 0.25) is 0 Å². The number of piperidine rings is 1. The zero-order valence-corrected chi connectivity index (χ0v) is 15.2. The van der Waals surface area contributed by atoms with Gasteiger partial charge in [-0.2, -0.15) is 0 Å². The summed E-state index contributed by atoms with van der Waals surface area (Å²) in [6.45, 7) is 2.88. The number of hydrogen-bond acceptors (Lipinski definition) is 3. The highest BCUT2D eigenvalue weighted by atomic mass is 16.2. The molecular formula is C20H30N4O. The summed E-state index contributed by atoms with van der Waals surface area (Å²) in [5, 5.41) is 9.05. The fourth-order valence-corrected chi connectivity index (χ4v) is 5.98. The number of carbonyl (C=O) groups is 1. The Morgan fingerprint density at radius 3 is 2.76 bits per heavy atom. The molecule has 0 N–H and O–H groups in total. The normalized spacial score (nSPS) is 34.8. The van der Waals surface area contributed by atoms with Crippen molar-refractivity contribution >= 4 is 5.91 Å². The van der Waals surface area contributed by atoms with Crippen molar-refractivity contribution in [3.05, 3.63) is 11.6 Å². The van der Waals surface area contributed by atoms with E-state index in [0.29, 0.717) is 23.7 Å². The van der Waals surface area contributed by atoms with Gasteiger partial charge < -0.3 is 9.47 Å². The molecule has 0 radical (unpaired) electrons. The summed E-state index contributed by atoms with van der Waals surface area (Å²) < 4.78 is 2.38. The second-order valence-corrected chi connectivity index (χ2v) is 8.84. The minimum Gasteiger partial charge on any atom is -0.342 e. The minimum atomic E-state index is 0.327. The number of hydrogen-bond donors (Lipinski definition) is 0. The first-order valence-electron chi connectivity index (χ1n) is 10.5. The molecule has 4 atom stereocenters. The van der Waals surface area contributed by atoms with Crippen LogP contribution in [0.1, 0.15) is 75.4 Å². The Morgan fingerprint density at radius 2 is 1.92 bits per heavy atom. The average molecular weight is 342 g/mol. The molecule has 0 spiro atoms. The maximum absolute atomic E-state index is 13.1. The van der Waals surface area contributed by atoms with Gasteiger partial charge in [-0.3, -0.25) is 4.79 Å². The molecule has 2 aliphatic carbocycles. The number of fused-ring (bicyclic) bond motifs is 3. The lowest BCUT2D eigenvalue weighted by Crippen LogP contribution is -2.44. The number of rotatable bonds is 2. The summed E-state index contributed by atoms with van der Waals surface area (Å²) in [5.74, 6) is 5.01. The maximum Gasteiger partial charge on any atom is 0.225 e. The van der Waals surface area contributed by atoms with E-state index in [9.17, 15) is 4.79 Å². The van der Waals surface area contributed by atoms with Crippen molar-refractivity contribution in [3.8, 4) is 0 Å². The lowest BCUT2D eigenvalue weighted by atomic mass is 9.86. The van der Waals surface area contributed by atoms with Gasteiger partial charge in [0.2, 0.25) is 5.91 Å². The molecule has 1 saturated heterocycles. The highest BCUT2D eigenvalue weighted by Crippen LogP contribution is 2.49. The molecule has 25 heavy (non-hydrogen) atoms. The van der Waals surface area contributed by atoms with E-state index < -0.39 is 0 Å². The van der Waals surface area contributed by atoms with Gasteiger partial charge >= 0.3 is 0 Å². The molecule has 5 heteroatoms. The first-order valence-corrected chi connectivity index (χ1v) is 10.5. The molecule has 3 heterocycles. The van der Waals surface area contributed by atoms with E-state index in [4.69, 9.17) is 0 Å². The molecule has 4 aliphatic rings. The Balaban J connectivity index is 1.31. The van der Waals surface area contributed by atoms with Crippen molar-refractivity contribution in [1.29, 1.82) is 0 Å². The predicted octanol–water partition coefficient (Wildman–Crippen LogP) is 3.15. The molecule has 136 valence electrons. The van der Waals surface area contributed by atoms with E-state index in [2.05, 4.69) is 19.7 Å². The van der Waals surface area contributed by atoms with Crippen molar-refractivity contribution < 1.29 is 4.79 Å². The Morgan fingerprint density at radius 1 is 0.960 bits per heavy atom. The third-order valence-corrected chi connectivity index (χ3v) is 7.29. The van der Waals surface area contributed by atoms with E-state index in [-0.39, 0.29) is 0 Å². The van der Waals surface area contributed by atoms with Crippen LogP contribution in [0.3, 0.4) is 0 Å². The van der Waals surface area contributed by atoms with Gasteiger partial charge in [-0.05, 0) is 56.8 Å². The van der Waals surface area contributed by atoms with Crippen molar-refractivity contribution in [3.63, 3.8) is 0 Å². The number of amides is 1. The second kappa shape index (κ2) is 6.40. The van der Waals surface area contributed by atoms with Crippen molar-refractivity contribution in [1.82, 2.24) is 19.7 Å². The average Bonchev–Trinajstić information content (AvgIpc) is 3.34. The van der Waals surface area contributed by atoms with Crippen molar-refractivity contribution in [2.45, 2.75) is 76.7 Å². The molecule has 0 aromatic carbocycles. The zero-order valence-electron chi connectivity index (χ0n) is 15.2. The van der Waals surface area contributed by atoms with Gasteiger partial charge in [0.1, 0.15) is 11.6 Å². The maximum atomic E-state index is 13.1. The van der Waals surface area contributed by atoms with Crippen LogP contribution in [0.15, 0.2) is 0 Å². The largest absolute Gasteiger partial charge is 0.342 e. The van der Waals surface area contributed by atoms with Crippen molar-refractivity contribution in [2.24, 2.45) is 17.8 Å². The summed E-state index contributed by atoms with van der Waals surface area (Å²) in [5.41, 5.74) is 0. The Bertz CT molecular complexity index is 654. The summed E-state index contributed by atoms with van der Waals surface area (Å²) in [6, 6.07) is 0. The first-order chi connectivity index (χ1) is 12.3. The highest BCUT2D eigenvalue weighted by molar-refractivity contribution is 5.80. The van der Waals surface area contributed by atoms with Crippen LogP contribution in [0.4, 0.5) is 0 Å². The lowest BCUT2D eigenvalue weighted by Gasteiger charge is -2.35. The number of carbonyl (C=O) groups excluding carboxylic acids is 1. The topological polar surface area (TPSA) is 51.0 Å². The predicted molar refractivity (Wildman–Crippen MR) is 95.1 cm³/mol. The number of aryl methyl sites for hydroxylation is 1. The summed E-state index contributed by atoms with van der Waals surface area (Å²) in [4.78, 5) is 15.3. The smallest absolute Gasteiger partial charge is 0.225 e. The molecule has 5 nitrogen and oxygen atoms in total. The fraction of sp³-hybridized carbons (Fsp3) is 0.850. The van der Waals surface area contributed by atoms with E-state index in [1.54, 1.807) is 0 Å². The van der Waals surface area contributed by atoms with Crippen LogP contribution in [-0.4, -0.2) is 38.7 Å². The molecule has 2 bridgehead atoms. The monoisotopic (exact) mass is 342 g/mol. The van der Waals surface area contributed by atoms with Crippen LogP contribution in [0.25, 0.3) is 0 Å². The zero-order chi connectivity index (χ0) is 16.8. The molecule has 5 rings (SSSR count). The van der Waals surface area contributed by atoms with Crippen LogP contribution in [-0.2, 0) is 17.8 Å². The number of nitrogens with zero attached hydrogens (tertiary/aromatic N) is 4. The first kappa shape index (κ1) is 15.8. The third-order valence-electron chi connectivity index (χ3n) is 7.29. The van der Waals surface area contributed by atoms with E-state index in [1.807, 2.05) is 0 Å².